The van der Waals surface area contributed by atoms with Gasteiger partial charge in [0.05, 0.1) is 21.8 Å². The molecular weight excluding hydrogens is 368 g/mol. The van der Waals surface area contributed by atoms with Crippen molar-refractivity contribution in [3.05, 3.63) is 5.56 Å². The highest BCUT2D eigenvalue weighted by atomic mass is 32.1. The molecule has 3 nitrogen and oxygen atoms in total. The molecule has 0 aliphatic heterocycles. The van der Waals surface area contributed by atoms with Crippen LogP contribution in [0.2, 0.25) is 0 Å². The Balaban J connectivity index is 3.55. The van der Waals surface area contributed by atoms with Crippen LogP contribution in [0.3, 0.4) is 0 Å². The van der Waals surface area contributed by atoms with E-state index in [1.165, 1.54) is 0 Å². The van der Waals surface area contributed by atoms with E-state index in [1.54, 1.807) is 0 Å². The Kier molecular flexibility index (Phi) is 4.65. The summed E-state index contributed by atoms with van der Waals surface area (Å²) in [7, 11) is 0. The number of anilines is 2. The normalized spacial score (nSPS) is 13.4. The van der Waals surface area contributed by atoms with E-state index in [0.29, 0.717) is 0 Å². The van der Waals surface area contributed by atoms with Crippen LogP contribution in [0.15, 0.2) is 9.79 Å². The van der Waals surface area contributed by atoms with Crippen LogP contribution in [0.1, 0.15) is 5.56 Å². The third kappa shape index (κ3) is 3.24. The van der Waals surface area contributed by atoms with Crippen molar-refractivity contribution in [1.82, 2.24) is 0 Å². The molecule has 1 aromatic carbocycles. The average molecular weight is 374 g/mol. The summed E-state index contributed by atoms with van der Waals surface area (Å²) in [6.07, 6.45) is -16.9. The molecule has 0 aliphatic rings. The predicted molar refractivity (Wildman–Crippen MR) is 66.4 cm³/mol. The van der Waals surface area contributed by atoms with Crippen molar-refractivity contribution >= 4 is 36.6 Å². The fourth-order valence-corrected chi connectivity index (χ4v) is 1.94. The van der Waals surface area contributed by atoms with Crippen molar-refractivity contribution in [1.29, 1.82) is 0 Å². The number of nitrogen functional groups attached to an aromatic ring is 2. The first-order valence-electron chi connectivity index (χ1n) is 4.94. The van der Waals surface area contributed by atoms with Crippen LogP contribution >= 0.6 is 25.3 Å². The van der Waals surface area contributed by atoms with E-state index >= 15 is 0 Å². The summed E-state index contributed by atoms with van der Waals surface area (Å²) in [5.41, 5.74) is 6.07. The van der Waals surface area contributed by atoms with Crippen molar-refractivity contribution in [3.8, 4) is 5.75 Å². The van der Waals surface area contributed by atoms with Crippen LogP contribution in [-0.2, 0) is 6.18 Å². The Bertz CT molecular complexity index is 570. The standard InChI is InChI=1S/C9H6F8N2OS2/c10-7(11,12)1-2(18)6(22)4(3(19)5(1)21)20-9(16,17)8(13,14)15/h21-22H,18-19H2. The quantitative estimate of drug-likeness (QED) is 0.360. The third-order valence-electron chi connectivity index (χ3n) is 2.32. The van der Waals surface area contributed by atoms with E-state index in [2.05, 4.69) is 30.0 Å². The Morgan fingerprint density at radius 2 is 1.23 bits per heavy atom. The minimum absolute atomic E-state index is 1.12. The highest BCUT2D eigenvalue weighted by molar-refractivity contribution is 7.81. The number of hydrogen-bond donors (Lipinski definition) is 4. The Morgan fingerprint density at radius 3 is 1.59 bits per heavy atom. The number of alkyl halides is 8. The monoisotopic (exact) mass is 374 g/mol. The van der Waals surface area contributed by atoms with Crippen LogP contribution in [0, 0.1) is 0 Å². The van der Waals surface area contributed by atoms with Crippen molar-refractivity contribution in [2.45, 2.75) is 28.3 Å². The predicted octanol–water partition coefficient (Wildman–Crippen LogP) is 3.98. The lowest BCUT2D eigenvalue weighted by atomic mass is 10.1. The maximum Gasteiger partial charge on any atom is 0.499 e. The van der Waals surface area contributed by atoms with Crippen LogP contribution in [0.5, 0.6) is 5.75 Å². The summed E-state index contributed by atoms with van der Waals surface area (Å²) in [6.45, 7) is 0. The number of ether oxygens (including phenoxy) is 1. The van der Waals surface area contributed by atoms with Gasteiger partial charge in [0, 0.05) is 4.90 Å². The summed E-state index contributed by atoms with van der Waals surface area (Å²) in [5.74, 6) is -1.46. The van der Waals surface area contributed by atoms with Gasteiger partial charge >= 0.3 is 18.5 Å². The molecule has 1 aromatic rings. The molecule has 0 fully saturated rings. The first kappa shape index (κ1) is 18.8. The fraction of sp³-hybridized carbons (Fsp3) is 0.333. The molecule has 0 saturated carbocycles. The average Bonchev–Trinajstić information content (AvgIpc) is 2.29. The lowest BCUT2D eigenvalue weighted by Gasteiger charge is -2.24. The molecule has 0 radical (unpaired) electrons. The van der Waals surface area contributed by atoms with Crippen LogP contribution in [0.25, 0.3) is 0 Å². The summed E-state index contributed by atoms with van der Waals surface area (Å²) >= 11 is 6.72. The molecule has 0 atom stereocenters. The van der Waals surface area contributed by atoms with Gasteiger partial charge in [-0.3, -0.25) is 0 Å². The van der Waals surface area contributed by atoms with Gasteiger partial charge in [-0.25, -0.2) is 0 Å². The zero-order chi connectivity index (χ0) is 17.7. The zero-order valence-corrected chi connectivity index (χ0v) is 11.8. The summed E-state index contributed by atoms with van der Waals surface area (Å²) < 4.78 is 104. The molecule has 4 N–H and O–H groups in total. The Morgan fingerprint density at radius 1 is 0.773 bits per heavy atom. The zero-order valence-electron chi connectivity index (χ0n) is 9.98. The van der Waals surface area contributed by atoms with Gasteiger partial charge in [0.25, 0.3) is 0 Å². The van der Waals surface area contributed by atoms with Gasteiger partial charge in [0.15, 0.2) is 5.75 Å². The van der Waals surface area contributed by atoms with Crippen molar-refractivity contribution in [2.24, 2.45) is 0 Å². The van der Waals surface area contributed by atoms with Gasteiger partial charge in [-0.2, -0.15) is 35.1 Å². The summed E-state index contributed by atoms with van der Waals surface area (Å²) in [5, 5.41) is 0. The van der Waals surface area contributed by atoms with E-state index in [4.69, 9.17) is 11.5 Å². The minimum atomic E-state index is -6.13. The number of hydrogen-bond acceptors (Lipinski definition) is 5. The molecule has 1 rings (SSSR count). The van der Waals surface area contributed by atoms with E-state index in [0.717, 1.165) is 0 Å². The fourth-order valence-electron chi connectivity index (χ4n) is 1.31. The number of rotatable bonds is 2. The first-order valence-corrected chi connectivity index (χ1v) is 5.84. The maximum absolute atomic E-state index is 12.8. The number of nitrogens with two attached hydrogens (primary N) is 2. The number of halogens is 8. The Hall–Kier alpha value is -1.24. The SMILES string of the molecule is Nc1c(S)c(C(F)(F)F)c(N)c(S)c1OC(F)(F)C(F)(F)F. The Labute approximate surface area is 128 Å². The summed E-state index contributed by atoms with van der Waals surface area (Å²) in [4.78, 5) is -2.28. The van der Waals surface area contributed by atoms with Gasteiger partial charge in [-0.05, 0) is 0 Å². The molecule has 0 aliphatic carbocycles. The first-order chi connectivity index (χ1) is 9.61. The molecule has 13 heteroatoms. The summed E-state index contributed by atoms with van der Waals surface area (Å²) in [6, 6.07) is 0. The molecule has 0 bridgehead atoms. The van der Waals surface area contributed by atoms with E-state index in [-0.39, 0.29) is 0 Å². The number of benzene rings is 1. The van der Waals surface area contributed by atoms with E-state index in [1.807, 2.05) is 0 Å². The van der Waals surface area contributed by atoms with Gasteiger partial charge in [0.1, 0.15) is 0 Å². The second-order valence-corrected chi connectivity index (χ2v) is 4.74. The second-order valence-electron chi connectivity index (χ2n) is 3.84. The molecule has 0 unspecified atom stereocenters. The highest BCUT2D eigenvalue weighted by Crippen LogP contribution is 2.50. The molecular formula is C9H6F8N2OS2. The van der Waals surface area contributed by atoms with Crippen molar-refractivity contribution in [3.63, 3.8) is 0 Å². The van der Waals surface area contributed by atoms with Gasteiger partial charge in [0.2, 0.25) is 0 Å². The van der Waals surface area contributed by atoms with Crippen LogP contribution < -0.4 is 16.2 Å². The smallest absolute Gasteiger partial charge is 0.422 e. The van der Waals surface area contributed by atoms with E-state index in [9.17, 15) is 35.1 Å². The molecule has 0 spiro atoms. The largest absolute Gasteiger partial charge is 0.499 e. The molecule has 126 valence electrons. The highest BCUT2D eigenvalue weighted by Gasteiger charge is 2.61. The second kappa shape index (κ2) is 5.44. The lowest BCUT2D eigenvalue weighted by Crippen LogP contribution is -2.42. The van der Waals surface area contributed by atoms with Gasteiger partial charge in [-0.15, -0.1) is 25.3 Å². The van der Waals surface area contributed by atoms with Gasteiger partial charge < -0.3 is 16.2 Å². The lowest BCUT2D eigenvalue weighted by molar-refractivity contribution is -0.361. The minimum Gasteiger partial charge on any atom is -0.422 e. The third-order valence-corrected chi connectivity index (χ3v) is 3.23. The molecule has 0 aromatic heterocycles. The molecule has 0 amide bonds. The van der Waals surface area contributed by atoms with Gasteiger partial charge in [-0.1, -0.05) is 0 Å². The van der Waals surface area contributed by atoms with Crippen molar-refractivity contribution in [2.75, 3.05) is 11.5 Å². The van der Waals surface area contributed by atoms with Crippen LogP contribution in [-0.4, -0.2) is 12.3 Å². The number of thiol groups is 2. The van der Waals surface area contributed by atoms with Crippen molar-refractivity contribution < 1.29 is 39.9 Å². The molecule has 0 heterocycles. The molecule has 0 saturated heterocycles. The molecule has 22 heavy (non-hydrogen) atoms. The maximum atomic E-state index is 12.8. The van der Waals surface area contributed by atoms with E-state index < -0.39 is 50.9 Å². The topological polar surface area (TPSA) is 61.3 Å². The van der Waals surface area contributed by atoms with Crippen LogP contribution in [0.4, 0.5) is 46.5 Å².